The van der Waals surface area contributed by atoms with Gasteiger partial charge in [0.2, 0.25) is 0 Å². The van der Waals surface area contributed by atoms with E-state index in [2.05, 4.69) is 10.3 Å². The number of nitrogens with zero attached hydrogens (tertiary/aromatic N) is 1. The van der Waals surface area contributed by atoms with E-state index in [1.165, 1.54) is 25.6 Å². The lowest BCUT2D eigenvalue weighted by Crippen LogP contribution is -2.33. The average molecular weight is 295 g/mol. The highest BCUT2D eigenvalue weighted by molar-refractivity contribution is 5.99. The minimum Gasteiger partial charge on any atom is -0.495 e. The monoisotopic (exact) mass is 295 g/mol. The summed E-state index contributed by atoms with van der Waals surface area (Å²) < 4.78 is 31.0. The normalized spacial score (nSPS) is 17.9. The number of primary amides is 1. The van der Waals surface area contributed by atoms with Crippen LogP contribution in [0.15, 0.2) is 30.3 Å². The largest absolute Gasteiger partial charge is 0.495 e. The van der Waals surface area contributed by atoms with Crippen LogP contribution in [0.4, 0.5) is 8.78 Å². The van der Waals surface area contributed by atoms with Crippen molar-refractivity contribution in [3.8, 4) is 0 Å². The number of amides is 1. The number of aromatic nitrogens is 1. The summed E-state index contributed by atoms with van der Waals surface area (Å²) in [5.74, 6) is -0.332. The van der Waals surface area contributed by atoms with E-state index in [1.807, 2.05) is 0 Å². The Morgan fingerprint density at radius 2 is 2.24 bits per heavy atom. The number of methoxy groups -OCH3 is 1. The number of allylic oxidation sites excluding steroid dienone is 1. The molecule has 1 atom stereocenters. The summed E-state index contributed by atoms with van der Waals surface area (Å²) in [6.45, 7) is 1.73. The third-order valence-corrected chi connectivity index (χ3v) is 3.11. The van der Waals surface area contributed by atoms with Crippen molar-refractivity contribution >= 4 is 11.5 Å². The van der Waals surface area contributed by atoms with Crippen LogP contribution < -0.4 is 11.1 Å². The first-order valence-electron chi connectivity index (χ1n) is 6.21. The van der Waals surface area contributed by atoms with E-state index in [-0.39, 0.29) is 5.56 Å². The average Bonchev–Trinajstić information content (AvgIpc) is 2.46. The van der Waals surface area contributed by atoms with Crippen LogP contribution in [0.5, 0.6) is 0 Å². The van der Waals surface area contributed by atoms with Crippen molar-refractivity contribution in [2.75, 3.05) is 7.11 Å². The minimum absolute atomic E-state index is 0.157. The van der Waals surface area contributed by atoms with E-state index in [4.69, 9.17) is 10.5 Å². The smallest absolute Gasteiger partial charge is 0.261 e. The lowest BCUT2D eigenvalue weighted by molar-refractivity contribution is 0.0999. The van der Waals surface area contributed by atoms with Crippen LogP contribution in [0, 0.1) is 6.92 Å². The number of hydrogen-bond acceptors (Lipinski definition) is 4. The number of halogens is 2. The van der Waals surface area contributed by atoms with Gasteiger partial charge in [0, 0.05) is 29.2 Å². The number of aryl methyl sites for hydroxylation is 1. The zero-order chi connectivity index (χ0) is 15.6. The Balaban J connectivity index is 2.58. The maximum atomic E-state index is 12.9. The van der Waals surface area contributed by atoms with Gasteiger partial charge in [-0.15, -0.1) is 0 Å². The lowest BCUT2D eigenvalue weighted by Gasteiger charge is -2.23. The second-order valence-corrected chi connectivity index (χ2v) is 4.56. The molecule has 1 aliphatic rings. The molecule has 0 aromatic carbocycles. The van der Waals surface area contributed by atoms with Gasteiger partial charge in [-0.1, -0.05) is 0 Å². The van der Waals surface area contributed by atoms with Gasteiger partial charge in [-0.25, -0.2) is 8.78 Å². The molecule has 0 fully saturated rings. The summed E-state index contributed by atoms with van der Waals surface area (Å²) in [4.78, 5) is 15.5. The number of dihydropyridines is 1. The van der Waals surface area contributed by atoms with E-state index in [1.54, 1.807) is 13.0 Å². The van der Waals surface area contributed by atoms with Crippen molar-refractivity contribution in [2.45, 2.75) is 19.4 Å². The fourth-order valence-electron chi connectivity index (χ4n) is 2.08. The number of nitrogens with two attached hydrogens (primary N) is 1. The predicted molar refractivity (Wildman–Crippen MR) is 73.5 cm³/mol. The van der Waals surface area contributed by atoms with E-state index >= 15 is 0 Å². The number of ether oxygens (including phenoxy) is 1. The third-order valence-electron chi connectivity index (χ3n) is 3.11. The van der Waals surface area contributed by atoms with Crippen LogP contribution in [0.2, 0.25) is 0 Å². The van der Waals surface area contributed by atoms with Crippen LogP contribution in [0.25, 0.3) is 5.57 Å². The Hall–Kier alpha value is -2.44. The van der Waals surface area contributed by atoms with Gasteiger partial charge in [0.1, 0.15) is 11.8 Å². The highest BCUT2D eigenvalue weighted by Gasteiger charge is 2.26. The van der Waals surface area contributed by atoms with Gasteiger partial charge >= 0.3 is 0 Å². The molecular formula is C14H15F2N3O2. The fraction of sp³-hybridized carbons (Fsp3) is 0.286. The van der Waals surface area contributed by atoms with Crippen molar-refractivity contribution < 1.29 is 18.3 Å². The standard InChI is InChI=1S/C14H15F2N3O2/c1-7-3-8(10(5-18-7)14(17)20)9-4-11(13(15)16)19-6-12(9)21-2/h3-6,11,13,19H,1-2H3,(H2,17,20). The van der Waals surface area contributed by atoms with Crippen LogP contribution in [-0.4, -0.2) is 30.5 Å². The van der Waals surface area contributed by atoms with E-state index < -0.39 is 18.4 Å². The molecule has 0 spiro atoms. The quantitative estimate of drug-likeness (QED) is 0.884. The zero-order valence-electron chi connectivity index (χ0n) is 11.6. The molecule has 5 nitrogen and oxygen atoms in total. The van der Waals surface area contributed by atoms with Crippen molar-refractivity contribution in [2.24, 2.45) is 5.73 Å². The molecule has 7 heteroatoms. The van der Waals surface area contributed by atoms with Crippen molar-refractivity contribution in [1.82, 2.24) is 10.3 Å². The topological polar surface area (TPSA) is 77.2 Å². The number of hydrogen-bond donors (Lipinski definition) is 2. The maximum absolute atomic E-state index is 12.9. The third kappa shape index (κ3) is 3.01. The van der Waals surface area contributed by atoms with E-state index in [9.17, 15) is 13.6 Å². The first-order chi connectivity index (χ1) is 9.93. The van der Waals surface area contributed by atoms with Gasteiger partial charge in [0.25, 0.3) is 12.3 Å². The Morgan fingerprint density at radius 3 is 2.81 bits per heavy atom. The molecule has 2 heterocycles. The Labute approximate surface area is 120 Å². The summed E-state index contributed by atoms with van der Waals surface area (Å²) >= 11 is 0. The number of carbonyl (C=O) groups is 1. The molecule has 1 amide bonds. The first-order valence-corrected chi connectivity index (χ1v) is 6.21. The second kappa shape index (κ2) is 5.90. The molecule has 0 saturated carbocycles. The molecule has 1 aromatic heterocycles. The summed E-state index contributed by atoms with van der Waals surface area (Å²) in [5, 5.41) is 2.54. The lowest BCUT2D eigenvalue weighted by atomic mass is 9.95. The molecule has 3 N–H and O–H groups in total. The summed E-state index contributed by atoms with van der Waals surface area (Å²) in [6.07, 6.45) is 1.42. The van der Waals surface area contributed by atoms with Gasteiger partial charge in [-0.3, -0.25) is 9.78 Å². The number of rotatable bonds is 4. The molecule has 1 aromatic rings. The van der Waals surface area contributed by atoms with Crippen molar-refractivity contribution in [3.05, 3.63) is 47.1 Å². The van der Waals surface area contributed by atoms with Crippen LogP contribution >= 0.6 is 0 Å². The summed E-state index contributed by atoms with van der Waals surface area (Å²) in [5.41, 5.74) is 6.93. The first kappa shape index (κ1) is 15.0. The van der Waals surface area contributed by atoms with Crippen LogP contribution in [0.1, 0.15) is 21.6 Å². The highest BCUT2D eigenvalue weighted by atomic mass is 19.3. The van der Waals surface area contributed by atoms with E-state index in [0.717, 1.165) is 0 Å². The predicted octanol–water partition coefficient (Wildman–Crippen LogP) is 1.60. The highest BCUT2D eigenvalue weighted by Crippen LogP contribution is 2.30. The van der Waals surface area contributed by atoms with Gasteiger partial charge in [0.05, 0.1) is 12.7 Å². The van der Waals surface area contributed by atoms with Crippen molar-refractivity contribution in [1.29, 1.82) is 0 Å². The molecular weight excluding hydrogens is 280 g/mol. The Kier molecular flexibility index (Phi) is 4.21. The van der Waals surface area contributed by atoms with Crippen molar-refractivity contribution in [3.63, 3.8) is 0 Å². The van der Waals surface area contributed by atoms with Gasteiger partial charge in [0.15, 0.2) is 0 Å². The second-order valence-electron chi connectivity index (χ2n) is 4.56. The van der Waals surface area contributed by atoms with Crippen LogP contribution in [0.3, 0.4) is 0 Å². The SMILES string of the molecule is COC1=CNC(C(F)F)C=C1c1cc(C)ncc1C(N)=O. The Bertz CT molecular complexity index is 627. The molecule has 2 rings (SSSR count). The molecule has 0 saturated heterocycles. The fourth-order valence-corrected chi connectivity index (χ4v) is 2.08. The van der Waals surface area contributed by atoms with Gasteiger partial charge in [-0.05, 0) is 19.1 Å². The number of alkyl halides is 2. The molecule has 112 valence electrons. The Morgan fingerprint density at radius 1 is 1.52 bits per heavy atom. The number of pyridine rings is 1. The summed E-state index contributed by atoms with van der Waals surface area (Å²) in [6, 6.07) is 0.459. The van der Waals surface area contributed by atoms with Gasteiger partial charge < -0.3 is 15.8 Å². The minimum atomic E-state index is -2.59. The van der Waals surface area contributed by atoms with Gasteiger partial charge in [-0.2, -0.15) is 0 Å². The molecule has 0 bridgehead atoms. The summed E-state index contributed by atoms with van der Waals surface area (Å²) in [7, 11) is 1.42. The zero-order valence-corrected chi connectivity index (χ0v) is 11.6. The molecule has 0 radical (unpaired) electrons. The van der Waals surface area contributed by atoms with Crippen LogP contribution in [-0.2, 0) is 4.74 Å². The molecule has 21 heavy (non-hydrogen) atoms. The molecule has 1 aliphatic heterocycles. The number of carbonyl (C=O) groups excluding carboxylic acids is 1. The molecule has 0 aliphatic carbocycles. The molecule has 1 unspecified atom stereocenters. The number of nitrogens with one attached hydrogen (secondary N) is 1. The maximum Gasteiger partial charge on any atom is 0.261 e. The van der Waals surface area contributed by atoms with E-state index in [0.29, 0.717) is 22.6 Å².